The van der Waals surface area contributed by atoms with Gasteiger partial charge in [0.05, 0.1) is 12.1 Å². The lowest BCUT2D eigenvalue weighted by molar-refractivity contribution is -0.115. The summed E-state index contributed by atoms with van der Waals surface area (Å²) in [6, 6.07) is 1.56. The van der Waals surface area contributed by atoms with Gasteiger partial charge in [0.25, 0.3) is 0 Å². The Morgan fingerprint density at radius 3 is 2.48 bits per heavy atom. The number of aromatic nitrogens is 1. The maximum absolute atomic E-state index is 13.1. The van der Waals surface area contributed by atoms with Gasteiger partial charge in [-0.1, -0.05) is 12.1 Å². The molecule has 7 heteroatoms. The van der Waals surface area contributed by atoms with Gasteiger partial charge >= 0.3 is 0 Å². The Bertz CT molecular complexity index is 660. The topological polar surface area (TPSA) is 55.1 Å². The first-order valence-corrected chi connectivity index (χ1v) is 6.30. The van der Waals surface area contributed by atoms with Crippen LogP contribution in [0.2, 0.25) is 0 Å². The molecule has 4 nitrogen and oxygen atoms in total. The highest BCUT2D eigenvalue weighted by atomic mass is 19.2. The lowest BCUT2D eigenvalue weighted by Gasteiger charge is -2.05. The molecule has 1 amide bonds. The van der Waals surface area contributed by atoms with Gasteiger partial charge in [-0.15, -0.1) is 0 Å². The van der Waals surface area contributed by atoms with Gasteiger partial charge in [-0.2, -0.15) is 0 Å². The smallest absolute Gasteiger partial charge is 0.234 e. The van der Waals surface area contributed by atoms with Gasteiger partial charge in [-0.3, -0.25) is 10.1 Å². The summed E-state index contributed by atoms with van der Waals surface area (Å²) in [5.41, 5.74) is 1.43. The number of hydrogen-bond donors (Lipinski definition) is 1. The Morgan fingerprint density at radius 2 is 1.90 bits per heavy atom. The van der Waals surface area contributed by atoms with E-state index >= 15 is 0 Å². The minimum Gasteiger partial charge on any atom is -0.338 e. The number of rotatable bonds is 4. The minimum absolute atomic E-state index is 0.0261. The fraction of sp³-hybridized carbons (Fsp3) is 0.286. The molecule has 112 valence electrons. The summed E-state index contributed by atoms with van der Waals surface area (Å²) in [5, 5.41) is 6.21. The number of hydrogen-bond acceptors (Lipinski definition) is 3. The molecule has 0 aliphatic rings. The second kappa shape index (κ2) is 5.99. The Morgan fingerprint density at radius 1 is 1.29 bits per heavy atom. The molecule has 0 atom stereocenters. The average molecular weight is 298 g/mol. The van der Waals surface area contributed by atoms with Crippen LogP contribution in [-0.4, -0.2) is 11.1 Å². The summed E-state index contributed by atoms with van der Waals surface area (Å²) in [4.78, 5) is 11.8. The zero-order valence-corrected chi connectivity index (χ0v) is 11.5. The van der Waals surface area contributed by atoms with E-state index in [9.17, 15) is 18.0 Å². The van der Waals surface area contributed by atoms with Gasteiger partial charge in [0.1, 0.15) is 0 Å². The van der Waals surface area contributed by atoms with Gasteiger partial charge in [0.2, 0.25) is 11.8 Å². The molecule has 0 unspecified atom stereocenters. The first-order valence-electron chi connectivity index (χ1n) is 6.30. The third-order valence-corrected chi connectivity index (χ3v) is 3.00. The van der Waals surface area contributed by atoms with Crippen molar-refractivity contribution in [3.8, 4) is 0 Å². The van der Waals surface area contributed by atoms with Crippen LogP contribution in [0.25, 0.3) is 0 Å². The fourth-order valence-electron chi connectivity index (χ4n) is 1.97. The number of nitrogens with zero attached hydrogens (tertiary/aromatic N) is 1. The van der Waals surface area contributed by atoms with Crippen LogP contribution >= 0.6 is 0 Å². The Labute approximate surface area is 118 Å². The number of nitrogens with one attached hydrogen (secondary N) is 1. The molecule has 2 rings (SSSR count). The average Bonchev–Trinajstić information content (AvgIpc) is 2.76. The second-order valence-corrected chi connectivity index (χ2v) is 4.53. The predicted octanol–water partition coefficient (Wildman–Crippen LogP) is 3.14. The molecule has 0 aliphatic heterocycles. The monoisotopic (exact) mass is 298 g/mol. The maximum Gasteiger partial charge on any atom is 0.234 e. The van der Waals surface area contributed by atoms with Crippen LogP contribution in [0.3, 0.4) is 0 Å². The standard InChI is InChI=1S/C14H13F3N2O2/c1-3-9-7(2)19-21-14(9)18-12(20)6-8-4-10(15)13(17)11(16)5-8/h4-5H,3,6H2,1-2H3,(H,18,20). The lowest BCUT2D eigenvalue weighted by atomic mass is 10.1. The second-order valence-electron chi connectivity index (χ2n) is 4.53. The summed E-state index contributed by atoms with van der Waals surface area (Å²) in [6.45, 7) is 3.61. The van der Waals surface area contributed by atoms with E-state index in [0.717, 1.165) is 17.7 Å². The molecule has 0 radical (unpaired) electrons. The molecule has 0 aliphatic carbocycles. The Balaban J connectivity index is 2.12. The SMILES string of the molecule is CCc1c(C)noc1NC(=O)Cc1cc(F)c(F)c(F)c1. The summed E-state index contributed by atoms with van der Waals surface area (Å²) >= 11 is 0. The molecule has 0 fully saturated rings. The van der Waals surface area contributed by atoms with Crippen molar-refractivity contribution < 1.29 is 22.5 Å². The number of carbonyl (C=O) groups is 1. The highest BCUT2D eigenvalue weighted by Gasteiger charge is 2.16. The van der Waals surface area contributed by atoms with Crippen LogP contribution in [0, 0.1) is 24.4 Å². The van der Waals surface area contributed by atoms with Crippen LogP contribution in [0.15, 0.2) is 16.7 Å². The summed E-state index contributed by atoms with van der Waals surface area (Å²) in [5.74, 6) is -4.54. The van der Waals surface area contributed by atoms with Crippen LogP contribution in [-0.2, 0) is 17.6 Å². The van der Waals surface area contributed by atoms with Crippen molar-refractivity contribution in [2.75, 3.05) is 5.32 Å². The number of aryl methyl sites for hydroxylation is 1. The normalized spacial score (nSPS) is 10.7. The van der Waals surface area contributed by atoms with E-state index < -0.39 is 23.4 Å². The molecule has 1 N–H and O–H groups in total. The summed E-state index contributed by atoms with van der Waals surface area (Å²) in [6.07, 6.45) is 0.307. The third kappa shape index (κ3) is 3.24. The molecule has 1 aromatic carbocycles. The predicted molar refractivity (Wildman–Crippen MR) is 69.3 cm³/mol. The van der Waals surface area contributed by atoms with E-state index in [1.165, 1.54) is 0 Å². The highest BCUT2D eigenvalue weighted by molar-refractivity contribution is 5.91. The maximum atomic E-state index is 13.1. The van der Waals surface area contributed by atoms with Crippen molar-refractivity contribution in [2.45, 2.75) is 26.7 Å². The zero-order valence-electron chi connectivity index (χ0n) is 11.5. The van der Waals surface area contributed by atoms with Crippen LogP contribution in [0.4, 0.5) is 19.1 Å². The van der Waals surface area contributed by atoms with Crippen molar-refractivity contribution in [3.63, 3.8) is 0 Å². The minimum atomic E-state index is -1.56. The van der Waals surface area contributed by atoms with Crippen molar-refractivity contribution in [1.29, 1.82) is 0 Å². The van der Waals surface area contributed by atoms with Crippen molar-refractivity contribution >= 4 is 11.8 Å². The molecule has 0 spiro atoms. The largest absolute Gasteiger partial charge is 0.338 e. The van der Waals surface area contributed by atoms with Gasteiger partial charge in [0, 0.05) is 5.56 Å². The molecule has 1 heterocycles. The van der Waals surface area contributed by atoms with Gasteiger partial charge in [-0.05, 0) is 31.0 Å². The van der Waals surface area contributed by atoms with Crippen LogP contribution in [0.1, 0.15) is 23.7 Å². The molecule has 2 aromatic rings. The molecule has 0 saturated heterocycles. The van der Waals surface area contributed by atoms with E-state index in [0.29, 0.717) is 12.1 Å². The van der Waals surface area contributed by atoms with E-state index in [-0.39, 0.29) is 17.9 Å². The quantitative estimate of drug-likeness (QED) is 0.882. The van der Waals surface area contributed by atoms with E-state index in [2.05, 4.69) is 10.5 Å². The molecular weight excluding hydrogens is 285 g/mol. The highest BCUT2D eigenvalue weighted by Crippen LogP contribution is 2.20. The van der Waals surface area contributed by atoms with Gasteiger partial charge in [0.15, 0.2) is 17.5 Å². The number of benzene rings is 1. The number of carbonyl (C=O) groups excluding carboxylic acids is 1. The summed E-state index contributed by atoms with van der Waals surface area (Å²) in [7, 11) is 0. The fourth-order valence-corrected chi connectivity index (χ4v) is 1.97. The Hall–Kier alpha value is -2.31. The van der Waals surface area contributed by atoms with Crippen LogP contribution < -0.4 is 5.32 Å². The van der Waals surface area contributed by atoms with E-state index in [1.807, 2.05) is 6.92 Å². The van der Waals surface area contributed by atoms with Crippen molar-refractivity contribution in [1.82, 2.24) is 5.16 Å². The summed E-state index contributed by atoms with van der Waals surface area (Å²) < 4.78 is 43.9. The zero-order chi connectivity index (χ0) is 15.6. The van der Waals surface area contributed by atoms with E-state index in [1.54, 1.807) is 6.92 Å². The molecular formula is C14H13F3N2O2. The van der Waals surface area contributed by atoms with E-state index in [4.69, 9.17) is 4.52 Å². The molecule has 0 bridgehead atoms. The first-order chi connectivity index (χ1) is 9.92. The number of anilines is 1. The lowest BCUT2D eigenvalue weighted by Crippen LogP contribution is -2.15. The molecule has 0 saturated carbocycles. The van der Waals surface area contributed by atoms with Gasteiger partial charge in [-0.25, -0.2) is 13.2 Å². The Kier molecular flexibility index (Phi) is 4.30. The third-order valence-electron chi connectivity index (χ3n) is 3.00. The molecule has 21 heavy (non-hydrogen) atoms. The van der Waals surface area contributed by atoms with Gasteiger partial charge < -0.3 is 4.52 Å². The first kappa shape index (κ1) is 15.1. The van der Waals surface area contributed by atoms with Crippen molar-refractivity contribution in [2.24, 2.45) is 0 Å². The number of halogens is 3. The molecule has 1 aromatic heterocycles. The van der Waals surface area contributed by atoms with Crippen molar-refractivity contribution in [3.05, 3.63) is 46.4 Å². The number of amides is 1. The van der Waals surface area contributed by atoms with Crippen LogP contribution in [0.5, 0.6) is 0 Å².